The Morgan fingerprint density at radius 3 is 1.89 bits per heavy atom. The van der Waals surface area contributed by atoms with Crippen molar-refractivity contribution in [3.8, 4) is 0 Å². The minimum Gasteiger partial charge on any atom is -0.465 e. The topological polar surface area (TPSA) is 26.3 Å². The SMILES string of the molecule is COC(=O)c1ccc(C2(c3ccc4c(c3)C(C)(C)CCC4(C)C)CC2)cc1. The summed E-state index contributed by atoms with van der Waals surface area (Å²) >= 11 is 0. The smallest absolute Gasteiger partial charge is 0.337 e. The third kappa shape index (κ3) is 2.90. The first-order valence-electron chi connectivity index (χ1n) is 10.0. The van der Waals surface area contributed by atoms with Crippen LogP contribution in [0.15, 0.2) is 42.5 Å². The number of esters is 1. The molecular weight excluding hydrogens is 332 g/mol. The van der Waals surface area contributed by atoms with E-state index in [1.54, 1.807) is 0 Å². The minimum atomic E-state index is -0.274. The first kappa shape index (κ1) is 18.3. The first-order chi connectivity index (χ1) is 12.7. The number of fused-ring (bicyclic) bond motifs is 1. The minimum absolute atomic E-state index is 0.112. The molecule has 2 aromatic carbocycles. The highest BCUT2D eigenvalue weighted by Crippen LogP contribution is 2.55. The lowest BCUT2D eigenvalue weighted by Gasteiger charge is -2.42. The maximum atomic E-state index is 11.7. The van der Waals surface area contributed by atoms with Gasteiger partial charge in [0.05, 0.1) is 12.7 Å². The van der Waals surface area contributed by atoms with Crippen molar-refractivity contribution in [2.24, 2.45) is 0 Å². The zero-order valence-corrected chi connectivity index (χ0v) is 17.2. The van der Waals surface area contributed by atoms with Gasteiger partial charge < -0.3 is 4.74 Å². The van der Waals surface area contributed by atoms with E-state index in [0.29, 0.717) is 5.56 Å². The van der Waals surface area contributed by atoms with Crippen LogP contribution in [-0.2, 0) is 21.0 Å². The highest BCUT2D eigenvalue weighted by molar-refractivity contribution is 5.89. The van der Waals surface area contributed by atoms with Crippen molar-refractivity contribution in [1.29, 1.82) is 0 Å². The lowest BCUT2D eigenvalue weighted by Crippen LogP contribution is -2.34. The summed E-state index contributed by atoms with van der Waals surface area (Å²) in [5.74, 6) is -0.274. The molecule has 1 fully saturated rings. The van der Waals surface area contributed by atoms with Gasteiger partial charge in [-0.2, -0.15) is 0 Å². The summed E-state index contributed by atoms with van der Waals surface area (Å²) in [6, 6.07) is 15.2. The molecule has 0 radical (unpaired) electrons. The van der Waals surface area contributed by atoms with Gasteiger partial charge in [-0.3, -0.25) is 0 Å². The van der Waals surface area contributed by atoms with Crippen molar-refractivity contribution in [2.75, 3.05) is 7.11 Å². The second-order valence-corrected chi connectivity index (χ2v) is 9.68. The molecule has 4 rings (SSSR count). The van der Waals surface area contributed by atoms with E-state index in [-0.39, 0.29) is 22.2 Å². The molecule has 2 aromatic rings. The van der Waals surface area contributed by atoms with E-state index in [0.717, 1.165) is 0 Å². The third-order valence-corrected chi connectivity index (χ3v) is 7.01. The van der Waals surface area contributed by atoms with Gasteiger partial charge in [-0.1, -0.05) is 58.0 Å². The standard InChI is InChI=1S/C25H30O2/c1-23(2)12-13-24(3,4)21-16-19(10-11-20(21)23)25(14-15-25)18-8-6-17(7-9-18)22(26)27-5/h6-11,16H,12-15H2,1-5H3. The van der Waals surface area contributed by atoms with Crippen LogP contribution in [-0.4, -0.2) is 13.1 Å². The molecular formula is C25H30O2. The molecule has 2 aliphatic rings. The van der Waals surface area contributed by atoms with Crippen LogP contribution in [0.2, 0.25) is 0 Å². The van der Waals surface area contributed by atoms with E-state index in [4.69, 9.17) is 4.74 Å². The van der Waals surface area contributed by atoms with Crippen LogP contribution < -0.4 is 0 Å². The predicted molar refractivity (Wildman–Crippen MR) is 110 cm³/mol. The van der Waals surface area contributed by atoms with E-state index in [1.165, 1.54) is 55.0 Å². The average molecular weight is 363 g/mol. The van der Waals surface area contributed by atoms with Crippen molar-refractivity contribution in [2.45, 2.75) is 69.6 Å². The van der Waals surface area contributed by atoms with Gasteiger partial charge in [-0.15, -0.1) is 0 Å². The monoisotopic (exact) mass is 362 g/mol. The lowest BCUT2D eigenvalue weighted by molar-refractivity contribution is 0.0600. The molecule has 2 aliphatic carbocycles. The Kier molecular flexibility index (Phi) is 4.03. The maximum Gasteiger partial charge on any atom is 0.337 e. The molecule has 0 atom stereocenters. The second-order valence-electron chi connectivity index (χ2n) is 9.68. The number of hydrogen-bond acceptors (Lipinski definition) is 2. The number of benzene rings is 2. The van der Waals surface area contributed by atoms with Crippen molar-refractivity contribution in [3.63, 3.8) is 0 Å². The van der Waals surface area contributed by atoms with Gasteiger partial charge >= 0.3 is 5.97 Å². The molecule has 2 nitrogen and oxygen atoms in total. The van der Waals surface area contributed by atoms with Gasteiger partial charge in [0.25, 0.3) is 0 Å². The molecule has 0 bridgehead atoms. The van der Waals surface area contributed by atoms with Crippen LogP contribution >= 0.6 is 0 Å². The molecule has 2 heteroatoms. The summed E-state index contributed by atoms with van der Waals surface area (Å²) in [7, 11) is 1.43. The molecule has 0 unspecified atom stereocenters. The molecule has 27 heavy (non-hydrogen) atoms. The fourth-order valence-corrected chi connectivity index (χ4v) is 4.80. The highest BCUT2D eigenvalue weighted by atomic mass is 16.5. The average Bonchev–Trinajstić information content (AvgIpc) is 3.47. The summed E-state index contributed by atoms with van der Waals surface area (Å²) in [4.78, 5) is 11.7. The molecule has 0 heterocycles. The molecule has 0 aliphatic heterocycles. The summed E-state index contributed by atoms with van der Waals surface area (Å²) in [5, 5.41) is 0. The van der Waals surface area contributed by atoms with Gasteiger partial charge in [-0.25, -0.2) is 4.79 Å². The summed E-state index contributed by atoms with van der Waals surface area (Å²) < 4.78 is 4.83. The van der Waals surface area contributed by atoms with E-state index < -0.39 is 0 Å². The number of hydrogen-bond donors (Lipinski definition) is 0. The Hall–Kier alpha value is -2.09. The summed E-state index contributed by atoms with van der Waals surface area (Å²) in [6.07, 6.45) is 4.82. The quantitative estimate of drug-likeness (QED) is 0.635. The maximum absolute atomic E-state index is 11.7. The van der Waals surface area contributed by atoms with Crippen LogP contribution in [0.4, 0.5) is 0 Å². The number of methoxy groups -OCH3 is 1. The van der Waals surface area contributed by atoms with Crippen LogP contribution in [0.3, 0.4) is 0 Å². The van der Waals surface area contributed by atoms with E-state index in [9.17, 15) is 4.79 Å². The van der Waals surface area contributed by atoms with Gasteiger partial charge in [0.15, 0.2) is 0 Å². The van der Waals surface area contributed by atoms with E-state index in [2.05, 4.69) is 58.0 Å². The van der Waals surface area contributed by atoms with Gasteiger partial charge in [0, 0.05) is 5.41 Å². The number of rotatable bonds is 3. The molecule has 0 N–H and O–H groups in total. The van der Waals surface area contributed by atoms with Crippen molar-refractivity contribution >= 4 is 5.97 Å². The van der Waals surface area contributed by atoms with Gasteiger partial charge in [0.2, 0.25) is 0 Å². The molecule has 1 saturated carbocycles. The van der Waals surface area contributed by atoms with Gasteiger partial charge in [0.1, 0.15) is 0 Å². The predicted octanol–water partition coefficient (Wildman–Crippen LogP) is 5.90. The Balaban J connectivity index is 1.75. The zero-order chi connectivity index (χ0) is 19.4. The Morgan fingerprint density at radius 1 is 0.778 bits per heavy atom. The highest BCUT2D eigenvalue weighted by Gasteiger charge is 2.47. The fraction of sp³-hybridized carbons (Fsp3) is 0.480. The zero-order valence-electron chi connectivity index (χ0n) is 17.2. The van der Waals surface area contributed by atoms with Crippen LogP contribution in [0.25, 0.3) is 0 Å². The summed E-state index contributed by atoms with van der Waals surface area (Å²) in [6.45, 7) is 9.52. The van der Waals surface area contributed by atoms with Crippen LogP contribution in [0.5, 0.6) is 0 Å². The number of carbonyl (C=O) groups is 1. The molecule has 0 saturated heterocycles. The van der Waals surface area contributed by atoms with Crippen molar-refractivity contribution < 1.29 is 9.53 Å². The first-order valence-corrected chi connectivity index (χ1v) is 10.0. The number of ether oxygens (including phenoxy) is 1. The van der Waals surface area contributed by atoms with E-state index in [1.807, 2.05) is 12.1 Å². The largest absolute Gasteiger partial charge is 0.465 e. The number of carbonyl (C=O) groups excluding carboxylic acids is 1. The molecule has 142 valence electrons. The molecule has 0 amide bonds. The van der Waals surface area contributed by atoms with Crippen LogP contribution in [0.1, 0.15) is 86.0 Å². The summed E-state index contributed by atoms with van der Waals surface area (Å²) in [5.41, 5.74) is 6.98. The second kappa shape index (κ2) is 5.95. The van der Waals surface area contributed by atoms with E-state index >= 15 is 0 Å². The lowest BCUT2D eigenvalue weighted by atomic mass is 9.62. The fourth-order valence-electron chi connectivity index (χ4n) is 4.80. The Morgan fingerprint density at radius 2 is 1.33 bits per heavy atom. The Labute approximate surface area is 162 Å². The van der Waals surface area contributed by atoms with Gasteiger partial charge in [-0.05, 0) is 70.9 Å². The van der Waals surface area contributed by atoms with Crippen molar-refractivity contribution in [1.82, 2.24) is 0 Å². The third-order valence-electron chi connectivity index (χ3n) is 7.01. The normalized spacial score (nSPS) is 21.2. The molecule has 0 spiro atoms. The molecule has 0 aromatic heterocycles. The Bertz CT molecular complexity index is 883. The van der Waals surface area contributed by atoms with Crippen LogP contribution in [0, 0.1) is 0 Å². The van der Waals surface area contributed by atoms with Crippen molar-refractivity contribution in [3.05, 3.63) is 70.3 Å².